The molecule has 116 valence electrons. The van der Waals surface area contributed by atoms with Gasteiger partial charge < -0.3 is 4.90 Å². The Morgan fingerprint density at radius 3 is 2.82 bits per heavy atom. The number of hydrogen-bond donors (Lipinski definition) is 0. The number of carbonyl (C=O) groups is 1. The van der Waals surface area contributed by atoms with Gasteiger partial charge in [-0.25, -0.2) is 0 Å². The van der Waals surface area contributed by atoms with E-state index in [4.69, 9.17) is 0 Å². The number of amides is 1. The highest BCUT2D eigenvalue weighted by atomic mass is 16.2. The Morgan fingerprint density at radius 2 is 2.09 bits per heavy atom. The fourth-order valence-electron chi connectivity index (χ4n) is 3.25. The summed E-state index contributed by atoms with van der Waals surface area (Å²) in [7, 11) is 1.82. The van der Waals surface area contributed by atoms with Crippen LogP contribution in [0.1, 0.15) is 35.3 Å². The summed E-state index contributed by atoms with van der Waals surface area (Å²) in [4.78, 5) is 14.6. The summed E-state index contributed by atoms with van der Waals surface area (Å²) in [5, 5.41) is 4.10. The van der Waals surface area contributed by atoms with Gasteiger partial charge in [0.25, 0.3) is 5.91 Å². The highest BCUT2D eigenvalue weighted by molar-refractivity contribution is 5.92. The molecule has 1 aromatic carbocycles. The number of aryl methyl sites for hydroxylation is 2. The molecule has 0 radical (unpaired) electrons. The first-order valence-corrected chi connectivity index (χ1v) is 8.05. The molecule has 3 rings (SSSR count). The third-order valence-corrected chi connectivity index (χ3v) is 4.53. The van der Waals surface area contributed by atoms with Crippen LogP contribution in [0.15, 0.2) is 42.6 Å². The Kier molecular flexibility index (Phi) is 4.56. The largest absolute Gasteiger partial charge is 0.337 e. The minimum atomic E-state index is 0.115. The molecule has 1 aliphatic heterocycles. The van der Waals surface area contributed by atoms with Crippen LogP contribution in [0.3, 0.4) is 0 Å². The molecule has 4 nitrogen and oxygen atoms in total. The Morgan fingerprint density at radius 1 is 1.27 bits per heavy atom. The topological polar surface area (TPSA) is 38.1 Å². The molecule has 1 saturated heterocycles. The molecule has 4 heteroatoms. The van der Waals surface area contributed by atoms with Gasteiger partial charge in [-0.3, -0.25) is 9.48 Å². The fourth-order valence-corrected chi connectivity index (χ4v) is 3.25. The Balaban J connectivity index is 1.57. The van der Waals surface area contributed by atoms with Gasteiger partial charge in [-0.2, -0.15) is 5.10 Å². The molecule has 0 N–H and O–H groups in total. The van der Waals surface area contributed by atoms with Crippen molar-refractivity contribution in [3.63, 3.8) is 0 Å². The number of benzene rings is 1. The predicted molar refractivity (Wildman–Crippen MR) is 86.6 cm³/mol. The van der Waals surface area contributed by atoms with Gasteiger partial charge in [-0.05, 0) is 43.2 Å². The average Bonchev–Trinajstić information content (AvgIpc) is 2.99. The van der Waals surface area contributed by atoms with Gasteiger partial charge in [0.15, 0.2) is 0 Å². The zero-order chi connectivity index (χ0) is 15.4. The van der Waals surface area contributed by atoms with E-state index in [1.165, 1.54) is 12.0 Å². The summed E-state index contributed by atoms with van der Waals surface area (Å²) in [6.45, 7) is 1.74. The van der Waals surface area contributed by atoms with E-state index >= 15 is 0 Å². The quantitative estimate of drug-likeness (QED) is 0.870. The van der Waals surface area contributed by atoms with Crippen LogP contribution >= 0.6 is 0 Å². The van der Waals surface area contributed by atoms with Crippen LogP contribution in [0, 0.1) is 5.92 Å². The average molecular weight is 297 g/mol. The van der Waals surface area contributed by atoms with E-state index in [1.54, 1.807) is 16.9 Å². The van der Waals surface area contributed by atoms with Crippen molar-refractivity contribution < 1.29 is 4.79 Å². The normalized spacial score (nSPS) is 18.4. The molecular formula is C18H23N3O. The zero-order valence-electron chi connectivity index (χ0n) is 13.1. The van der Waals surface area contributed by atoms with Crippen molar-refractivity contribution in [2.45, 2.75) is 25.7 Å². The maximum absolute atomic E-state index is 12.6. The van der Waals surface area contributed by atoms with Gasteiger partial charge in [0.2, 0.25) is 0 Å². The third-order valence-electron chi connectivity index (χ3n) is 4.53. The van der Waals surface area contributed by atoms with Gasteiger partial charge >= 0.3 is 0 Å². The summed E-state index contributed by atoms with van der Waals surface area (Å²) in [5.74, 6) is 0.718. The van der Waals surface area contributed by atoms with E-state index in [0.717, 1.165) is 32.4 Å². The number of rotatable bonds is 4. The van der Waals surface area contributed by atoms with E-state index in [2.05, 4.69) is 35.4 Å². The van der Waals surface area contributed by atoms with Crippen LogP contribution in [-0.4, -0.2) is 33.7 Å². The van der Waals surface area contributed by atoms with Crippen LogP contribution in [0.2, 0.25) is 0 Å². The second-order valence-corrected chi connectivity index (χ2v) is 6.12. The summed E-state index contributed by atoms with van der Waals surface area (Å²) < 4.78 is 1.66. The van der Waals surface area contributed by atoms with Gasteiger partial charge in [-0.1, -0.05) is 30.3 Å². The lowest BCUT2D eigenvalue weighted by Gasteiger charge is -2.32. The lowest BCUT2D eigenvalue weighted by atomic mass is 9.91. The highest BCUT2D eigenvalue weighted by Gasteiger charge is 2.25. The molecule has 0 aliphatic carbocycles. The minimum Gasteiger partial charge on any atom is -0.337 e. The first-order valence-electron chi connectivity index (χ1n) is 8.05. The van der Waals surface area contributed by atoms with Crippen molar-refractivity contribution in [3.8, 4) is 0 Å². The first-order chi connectivity index (χ1) is 10.7. The van der Waals surface area contributed by atoms with Crippen LogP contribution in [0.25, 0.3) is 0 Å². The molecule has 1 atom stereocenters. The van der Waals surface area contributed by atoms with Crippen molar-refractivity contribution in [2.75, 3.05) is 13.1 Å². The van der Waals surface area contributed by atoms with E-state index < -0.39 is 0 Å². The van der Waals surface area contributed by atoms with E-state index in [-0.39, 0.29) is 5.91 Å². The fraction of sp³-hybridized carbons (Fsp3) is 0.444. The van der Waals surface area contributed by atoms with Crippen molar-refractivity contribution in [2.24, 2.45) is 13.0 Å². The molecular weight excluding hydrogens is 274 g/mol. The summed E-state index contributed by atoms with van der Waals surface area (Å²) >= 11 is 0. The van der Waals surface area contributed by atoms with Crippen molar-refractivity contribution in [3.05, 3.63) is 53.9 Å². The molecule has 22 heavy (non-hydrogen) atoms. The first kappa shape index (κ1) is 14.8. The number of nitrogens with zero attached hydrogens (tertiary/aromatic N) is 3. The number of carbonyl (C=O) groups excluding carboxylic acids is 1. The predicted octanol–water partition coefficient (Wildman–Crippen LogP) is 2.91. The molecule has 1 amide bonds. The smallest absolute Gasteiger partial charge is 0.272 e. The lowest BCUT2D eigenvalue weighted by Crippen LogP contribution is -2.40. The van der Waals surface area contributed by atoms with Gasteiger partial charge in [0.1, 0.15) is 5.69 Å². The second kappa shape index (κ2) is 6.77. The SMILES string of the molecule is Cn1nccc1C(=O)N1CCC[C@H](CCc2ccccc2)C1. The number of hydrogen-bond acceptors (Lipinski definition) is 2. The maximum Gasteiger partial charge on any atom is 0.272 e. The third kappa shape index (κ3) is 3.38. The Hall–Kier alpha value is -2.10. The van der Waals surface area contributed by atoms with E-state index in [9.17, 15) is 4.79 Å². The molecule has 2 heterocycles. The molecule has 2 aromatic rings. The van der Waals surface area contributed by atoms with Gasteiger partial charge in [-0.15, -0.1) is 0 Å². The molecule has 1 fully saturated rings. The molecule has 1 aromatic heterocycles. The van der Waals surface area contributed by atoms with Gasteiger partial charge in [0, 0.05) is 26.3 Å². The van der Waals surface area contributed by atoms with Gasteiger partial charge in [0.05, 0.1) is 0 Å². The Labute approximate surface area is 131 Å². The molecule has 0 saturated carbocycles. The number of likely N-dealkylation sites (tertiary alicyclic amines) is 1. The van der Waals surface area contributed by atoms with Crippen LogP contribution in [0.4, 0.5) is 0 Å². The summed E-state index contributed by atoms with van der Waals surface area (Å²) in [5.41, 5.74) is 2.07. The second-order valence-electron chi connectivity index (χ2n) is 6.12. The van der Waals surface area contributed by atoms with Crippen molar-refractivity contribution in [1.82, 2.24) is 14.7 Å². The zero-order valence-corrected chi connectivity index (χ0v) is 13.1. The standard InChI is InChI=1S/C18H23N3O/c1-20-17(11-12-19-20)18(22)21-13-5-8-16(14-21)10-9-15-6-3-2-4-7-15/h2-4,6-7,11-12,16H,5,8-10,13-14H2,1H3/t16-/m1/s1. The summed E-state index contributed by atoms with van der Waals surface area (Å²) in [6, 6.07) is 12.4. The monoisotopic (exact) mass is 297 g/mol. The maximum atomic E-state index is 12.6. The van der Waals surface area contributed by atoms with Crippen molar-refractivity contribution in [1.29, 1.82) is 0 Å². The summed E-state index contributed by atoms with van der Waals surface area (Å²) in [6.07, 6.45) is 6.26. The van der Waals surface area contributed by atoms with Crippen molar-refractivity contribution >= 4 is 5.91 Å². The lowest BCUT2D eigenvalue weighted by molar-refractivity contribution is 0.0657. The van der Waals surface area contributed by atoms with Crippen LogP contribution in [-0.2, 0) is 13.5 Å². The van der Waals surface area contributed by atoms with E-state index in [0.29, 0.717) is 11.6 Å². The minimum absolute atomic E-state index is 0.115. The molecule has 0 unspecified atom stereocenters. The van der Waals surface area contributed by atoms with E-state index in [1.807, 2.05) is 11.9 Å². The molecule has 0 spiro atoms. The van der Waals surface area contributed by atoms with Crippen LogP contribution in [0.5, 0.6) is 0 Å². The molecule has 1 aliphatic rings. The van der Waals surface area contributed by atoms with Crippen LogP contribution < -0.4 is 0 Å². The highest BCUT2D eigenvalue weighted by Crippen LogP contribution is 2.22. The number of aromatic nitrogens is 2. The number of piperidine rings is 1. The molecule has 0 bridgehead atoms. The Bertz CT molecular complexity index is 620.